The third kappa shape index (κ3) is 4.64. The molecule has 1 aliphatic rings. The quantitative estimate of drug-likeness (QED) is 0.882. The molecule has 1 saturated carbocycles. The van der Waals surface area contributed by atoms with Crippen LogP contribution in [0.5, 0.6) is 0 Å². The fourth-order valence-corrected chi connectivity index (χ4v) is 3.43. The van der Waals surface area contributed by atoms with Crippen molar-refractivity contribution in [3.05, 3.63) is 29.8 Å². The summed E-state index contributed by atoms with van der Waals surface area (Å²) in [5.41, 5.74) is -0.583. The number of nitrogens with zero attached hydrogens (tertiary/aromatic N) is 4. The van der Waals surface area contributed by atoms with E-state index in [9.17, 15) is 18.0 Å². The molecule has 1 aromatic carbocycles. The Morgan fingerprint density at radius 1 is 1.30 bits per heavy atom. The number of halogens is 3. The largest absolute Gasteiger partial charge is 0.416 e. The molecule has 0 saturated heterocycles. The van der Waals surface area contributed by atoms with Crippen LogP contribution in [0.1, 0.15) is 38.7 Å². The van der Waals surface area contributed by atoms with Crippen molar-refractivity contribution in [1.29, 1.82) is 0 Å². The number of hydrogen-bond acceptors (Lipinski definition) is 4. The highest BCUT2D eigenvalue weighted by Gasteiger charge is 2.31. The summed E-state index contributed by atoms with van der Waals surface area (Å²) < 4.78 is 38.5. The van der Waals surface area contributed by atoms with E-state index >= 15 is 0 Å². The van der Waals surface area contributed by atoms with Crippen LogP contribution in [-0.2, 0) is 17.5 Å². The molecule has 1 heterocycles. The maximum absolute atomic E-state index is 12.8. The van der Waals surface area contributed by atoms with Crippen LogP contribution in [0.15, 0.2) is 24.3 Å². The Hall–Kier alpha value is -2.45. The van der Waals surface area contributed by atoms with Gasteiger partial charge in [0, 0.05) is 11.6 Å². The highest BCUT2D eigenvalue weighted by molar-refractivity contribution is 5.75. The highest BCUT2D eigenvalue weighted by Crippen LogP contribution is 2.31. The SMILES string of the molecule is C[C@H]1[C@H](C)CCC[C@@H]1NC(=O)Cn1nnc(-c2cccc(C(F)(F)F)c2)n1. The molecule has 3 atom stereocenters. The molecule has 0 unspecified atom stereocenters. The molecule has 0 radical (unpaired) electrons. The topological polar surface area (TPSA) is 72.7 Å². The zero-order valence-electron chi connectivity index (χ0n) is 15.2. The van der Waals surface area contributed by atoms with Crippen molar-refractivity contribution in [1.82, 2.24) is 25.5 Å². The molecule has 27 heavy (non-hydrogen) atoms. The Morgan fingerprint density at radius 2 is 2.07 bits per heavy atom. The number of nitrogens with one attached hydrogen (secondary N) is 1. The molecule has 3 rings (SSSR count). The van der Waals surface area contributed by atoms with Crippen molar-refractivity contribution < 1.29 is 18.0 Å². The summed E-state index contributed by atoms with van der Waals surface area (Å²) in [4.78, 5) is 13.4. The number of carbonyl (C=O) groups excluding carboxylic acids is 1. The van der Waals surface area contributed by atoms with E-state index in [2.05, 4.69) is 34.6 Å². The molecule has 0 aliphatic heterocycles. The first-order chi connectivity index (χ1) is 12.7. The van der Waals surface area contributed by atoms with Gasteiger partial charge in [-0.3, -0.25) is 4.79 Å². The summed E-state index contributed by atoms with van der Waals surface area (Å²) in [6.45, 7) is 4.20. The van der Waals surface area contributed by atoms with Crippen LogP contribution in [0.25, 0.3) is 11.4 Å². The average Bonchev–Trinajstić information content (AvgIpc) is 3.07. The summed E-state index contributed by atoms with van der Waals surface area (Å²) >= 11 is 0. The second kappa shape index (κ2) is 7.66. The van der Waals surface area contributed by atoms with Crippen LogP contribution in [0.3, 0.4) is 0 Å². The van der Waals surface area contributed by atoms with Gasteiger partial charge in [-0.25, -0.2) is 0 Å². The van der Waals surface area contributed by atoms with E-state index in [1.807, 2.05) is 0 Å². The molecule has 6 nitrogen and oxygen atoms in total. The Balaban J connectivity index is 1.65. The van der Waals surface area contributed by atoms with Crippen LogP contribution < -0.4 is 5.32 Å². The van der Waals surface area contributed by atoms with Crippen LogP contribution in [-0.4, -0.2) is 32.2 Å². The van der Waals surface area contributed by atoms with Gasteiger partial charge in [-0.2, -0.15) is 18.0 Å². The fraction of sp³-hybridized carbons (Fsp3) is 0.556. The lowest BCUT2D eigenvalue weighted by atomic mass is 9.78. The van der Waals surface area contributed by atoms with Crippen molar-refractivity contribution in [2.75, 3.05) is 0 Å². The number of alkyl halides is 3. The molecular weight excluding hydrogens is 359 g/mol. The van der Waals surface area contributed by atoms with E-state index in [0.29, 0.717) is 11.8 Å². The molecule has 1 fully saturated rings. The van der Waals surface area contributed by atoms with Crippen molar-refractivity contribution in [2.24, 2.45) is 11.8 Å². The fourth-order valence-electron chi connectivity index (χ4n) is 3.43. The van der Waals surface area contributed by atoms with E-state index in [0.717, 1.165) is 29.8 Å². The molecule has 1 amide bonds. The molecule has 1 N–H and O–H groups in total. The van der Waals surface area contributed by atoms with Gasteiger partial charge in [0.15, 0.2) is 0 Å². The van der Waals surface area contributed by atoms with E-state index in [1.165, 1.54) is 18.6 Å². The highest BCUT2D eigenvalue weighted by atomic mass is 19.4. The number of hydrogen-bond donors (Lipinski definition) is 1. The molecule has 0 bridgehead atoms. The third-order valence-electron chi connectivity index (χ3n) is 5.24. The molecule has 1 aromatic heterocycles. The zero-order chi connectivity index (χ0) is 19.6. The van der Waals surface area contributed by atoms with Crippen LogP contribution >= 0.6 is 0 Å². The smallest absolute Gasteiger partial charge is 0.351 e. The van der Waals surface area contributed by atoms with Gasteiger partial charge in [0.25, 0.3) is 0 Å². The predicted octanol–water partition coefficient (Wildman–Crippen LogP) is 3.30. The normalized spacial score (nSPS) is 23.2. The van der Waals surface area contributed by atoms with Crippen molar-refractivity contribution in [3.63, 3.8) is 0 Å². The van der Waals surface area contributed by atoms with Crippen molar-refractivity contribution in [2.45, 2.75) is 51.9 Å². The minimum Gasteiger partial charge on any atom is -0.351 e. The summed E-state index contributed by atoms with van der Waals surface area (Å²) in [5, 5.41) is 14.6. The Bertz CT molecular complexity index is 804. The number of carbonyl (C=O) groups is 1. The number of rotatable bonds is 4. The molecule has 146 valence electrons. The first-order valence-electron chi connectivity index (χ1n) is 8.99. The Labute approximate surface area is 155 Å². The molecule has 0 spiro atoms. The molecule has 9 heteroatoms. The first kappa shape index (κ1) is 19.3. The van der Waals surface area contributed by atoms with Crippen molar-refractivity contribution in [3.8, 4) is 11.4 Å². The second-order valence-electron chi connectivity index (χ2n) is 7.16. The van der Waals surface area contributed by atoms with Crippen LogP contribution in [0.4, 0.5) is 13.2 Å². The van der Waals surface area contributed by atoms with Crippen molar-refractivity contribution >= 4 is 5.91 Å². The molecule has 2 aromatic rings. The number of tetrazole rings is 1. The van der Waals surface area contributed by atoms with Crippen LogP contribution in [0, 0.1) is 11.8 Å². The maximum Gasteiger partial charge on any atom is 0.416 e. The first-order valence-corrected chi connectivity index (χ1v) is 8.99. The van der Waals surface area contributed by atoms with E-state index in [1.54, 1.807) is 0 Å². The minimum atomic E-state index is -4.44. The van der Waals surface area contributed by atoms with Gasteiger partial charge in [-0.15, -0.1) is 10.2 Å². The summed E-state index contributed by atoms with van der Waals surface area (Å²) in [6.07, 6.45) is -1.26. The lowest BCUT2D eigenvalue weighted by Crippen LogP contribution is -2.45. The lowest BCUT2D eigenvalue weighted by Gasteiger charge is -2.34. The summed E-state index contributed by atoms with van der Waals surface area (Å²) in [6, 6.07) is 4.83. The lowest BCUT2D eigenvalue weighted by molar-refractivity contribution is -0.137. The van der Waals surface area contributed by atoms with Gasteiger partial charge >= 0.3 is 6.18 Å². The summed E-state index contributed by atoms with van der Waals surface area (Å²) in [7, 11) is 0. The minimum absolute atomic E-state index is 0.0496. The van der Waals surface area contributed by atoms with Gasteiger partial charge in [-0.05, 0) is 35.6 Å². The number of amides is 1. The van der Waals surface area contributed by atoms with Gasteiger partial charge < -0.3 is 5.32 Å². The van der Waals surface area contributed by atoms with Gasteiger partial charge in [-0.1, -0.05) is 38.8 Å². The predicted molar refractivity (Wildman–Crippen MR) is 92.4 cm³/mol. The zero-order valence-corrected chi connectivity index (χ0v) is 15.2. The number of benzene rings is 1. The van der Waals surface area contributed by atoms with Gasteiger partial charge in [0.1, 0.15) is 6.54 Å². The molecule has 1 aliphatic carbocycles. The second-order valence-corrected chi connectivity index (χ2v) is 7.16. The van der Waals surface area contributed by atoms with E-state index < -0.39 is 11.7 Å². The third-order valence-corrected chi connectivity index (χ3v) is 5.24. The Morgan fingerprint density at radius 3 is 2.81 bits per heavy atom. The monoisotopic (exact) mass is 381 g/mol. The average molecular weight is 381 g/mol. The van der Waals surface area contributed by atoms with Crippen LogP contribution in [0.2, 0.25) is 0 Å². The van der Waals surface area contributed by atoms with Gasteiger partial charge in [0.05, 0.1) is 5.56 Å². The Kier molecular flexibility index (Phi) is 5.48. The van der Waals surface area contributed by atoms with E-state index in [-0.39, 0.29) is 29.9 Å². The van der Waals surface area contributed by atoms with Gasteiger partial charge in [0.2, 0.25) is 11.7 Å². The summed E-state index contributed by atoms with van der Waals surface area (Å²) in [5.74, 6) is 0.774. The number of aromatic nitrogens is 4. The standard InChI is InChI=1S/C18H22F3N5O/c1-11-5-3-8-15(12(11)2)22-16(27)10-26-24-17(23-25-26)13-6-4-7-14(9-13)18(19,20)21/h4,6-7,9,11-12,15H,3,5,8,10H2,1-2H3,(H,22,27)/t11-,12+,15+/m1/s1. The van der Waals surface area contributed by atoms with E-state index in [4.69, 9.17) is 0 Å². The maximum atomic E-state index is 12.8. The molecular formula is C18H22F3N5O.